The number of nitrogens with one attached hydrogen (secondary N) is 2. The van der Waals surface area contributed by atoms with Crippen molar-refractivity contribution < 1.29 is 13.9 Å². The minimum absolute atomic E-state index is 0.136. The maximum atomic E-state index is 13.3. The van der Waals surface area contributed by atoms with E-state index in [0.29, 0.717) is 12.3 Å². The highest BCUT2D eigenvalue weighted by Gasteiger charge is 2.23. The fraction of sp³-hybridized carbons (Fsp3) is 0.476. The first-order valence-corrected chi connectivity index (χ1v) is 10.8. The molecule has 2 unspecified atom stereocenters. The molecular weight excluding hydrogens is 391 g/mol. The fourth-order valence-corrected chi connectivity index (χ4v) is 4.11. The van der Waals surface area contributed by atoms with Gasteiger partial charge in [-0.05, 0) is 30.5 Å². The summed E-state index contributed by atoms with van der Waals surface area (Å²) in [5.74, 6) is 0.935. The highest BCUT2D eigenvalue weighted by atomic mass is 32.1. The molecule has 1 aromatic heterocycles. The molecule has 158 valence electrons. The monoisotopic (exact) mass is 420 g/mol. The van der Waals surface area contributed by atoms with E-state index in [-0.39, 0.29) is 18.0 Å². The number of thiophene rings is 1. The van der Waals surface area contributed by atoms with E-state index in [1.165, 1.54) is 17.0 Å². The lowest BCUT2D eigenvalue weighted by Gasteiger charge is -2.34. The van der Waals surface area contributed by atoms with E-state index < -0.39 is 0 Å². The van der Waals surface area contributed by atoms with Crippen LogP contribution in [0.3, 0.4) is 0 Å². The number of aliphatic imine (C=N–C) groups is 1. The van der Waals surface area contributed by atoms with Gasteiger partial charge in [0.1, 0.15) is 17.7 Å². The normalized spacial score (nSPS) is 17.6. The van der Waals surface area contributed by atoms with Crippen LogP contribution in [0.1, 0.15) is 17.8 Å². The molecule has 0 aliphatic carbocycles. The van der Waals surface area contributed by atoms with E-state index in [1.54, 1.807) is 30.5 Å². The first-order chi connectivity index (χ1) is 14.2. The van der Waals surface area contributed by atoms with Crippen LogP contribution in [0.15, 0.2) is 46.8 Å². The molecule has 1 aliphatic heterocycles. The average molecular weight is 421 g/mol. The fourth-order valence-electron chi connectivity index (χ4n) is 3.25. The lowest BCUT2D eigenvalue weighted by atomic mass is 10.2. The van der Waals surface area contributed by atoms with Gasteiger partial charge in [0, 0.05) is 37.6 Å². The molecule has 1 fully saturated rings. The van der Waals surface area contributed by atoms with Crippen molar-refractivity contribution in [3.63, 3.8) is 0 Å². The number of hydrogen-bond acceptors (Lipinski definition) is 5. The van der Waals surface area contributed by atoms with E-state index in [9.17, 15) is 4.39 Å². The predicted octanol–water partition coefficient (Wildman–Crippen LogP) is 2.89. The molecule has 2 atom stereocenters. The quantitative estimate of drug-likeness (QED) is 0.508. The third-order valence-corrected chi connectivity index (χ3v) is 5.71. The second-order valence-corrected chi connectivity index (χ2v) is 7.88. The molecule has 8 heteroatoms. The van der Waals surface area contributed by atoms with E-state index in [0.717, 1.165) is 38.8 Å². The molecule has 2 aromatic rings. The SMILES string of the molecule is CN=C(NCC(C)Oc1cccc(F)c1)NCC(c1cccs1)N1CCOCC1. The summed E-state index contributed by atoms with van der Waals surface area (Å²) in [7, 11) is 1.75. The van der Waals surface area contributed by atoms with E-state index in [1.807, 2.05) is 6.92 Å². The van der Waals surface area contributed by atoms with Crippen molar-refractivity contribution in [2.24, 2.45) is 4.99 Å². The first-order valence-electron chi connectivity index (χ1n) is 9.87. The Bertz CT molecular complexity index is 766. The van der Waals surface area contributed by atoms with Crippen LogP contribution in [-0.2, 0) is 4.74 Å². The minimum atomic E-state index is -0.303. The summed E-state index contributed by atoms with van der Waals surface area (Å²) in [4.78, 5) is 8.10. The summed E-state index contributed by atoms with van der Waals surface area (Å²) >= 11 is 1.77. The molecule has 3 rings (SSSR count). The topological polar surface area (TPSA) is 58.1 Å². The Morgan fingerprint density at radius 3 is 2.72 bits per heavy atom. The zero-order valence-corrected chi connectivity index (χ0v) is 17.8. The average Bonchev–Trinajstić information content (AvgIpc) is 3.26. The van der Waals surface area contributed by atoms with Crippen LogP contribution in [0.2, 0.25) is 0 Å². The van der Waals surface area contributed by atoms with Gasteiger partial charge in [-0.2, -0.15) is 0 Å². The molecule has 29 heavy (non-hydrogen) atoms. The number of halogens is 1. The van der Waals surface area contributed by atoms with Crippen LogP contribution in [0, 0.1) is 5.82 Å². The molecule has 1 saturated heterocycles. The second kappa shape index (κ2) is 11.1. The van der Waals surface area contributed by atoms with Gasteiger partial charge in [-0.25, -0.2) is 4.39 Å². The molecule has 0 amide bonds. The van der Waals surface area contributed by atoms with Crippen LogP contribution in [0.4, 0.5) is 4.39 Å². The maximum Gasteiger partial charge on any atom is 0.191 e. The third-order valence-electron chi connectivity index (χ3n) is 4.73. The number of rotatable bonds is 8. The van der Waals surface area contributed by atoms with Crippen LogP contribution in [0.5, 0.6) is 5.75 Å². The van der Waals surface area contributed by atoms with Crippen LogP contribution >= 0.6 is 11.3 Å². The van der Waals surface area contributed by atoms with Crippen molar-refractivity contribution in [1.29, 1.82) is 0 Å². The molecule has 1 aromatic carbocycles. The highest BCUT2D eigenvalue weighted by Crippen LogP contribution is 2.25. The van der Waals surface area contributed by atoms with Crippen molar-refractivity contribution in [3.8, 4) is 5.75 Å². The zero-order valence-electron chi connectivity index (χ0n) is 16.9. The van der Waals surface area contributed by atoms with E-state index >= 15 is 0 Å². The summed E-state index contributed by atoms with van der Waals surface area (Å²) in [6.07, 6.45) is -0.136. The number of nitrogens with zero attached hydrogens (tertiary/aromatic N) is 2. The van der Waals surface area contributed by atoms with Gasteiger partial charge in [0.05, 0.1) is 25.8 Å². The second-order valence-electron chi connectivity index (χ2n) is 6.90. The van der Waals surface area contributed by atoms with Gasteiger partial charge in [0.25, 0.3) is 0 Å². The van der Waals surface area contributed by atoms with Crippen molar-refractivity contribution >= 4 is 17.3 Å². The molecular formula is C21H29FN4O2S. The van der Waals surface area contributed by atoms with Crippen LogP contribution in [-0.4, -0.2) is 63.4 Å². The molecule has 2 heterocycles. The molecule has 0 radical (unpaired) electrons. The molecule has 0 spiro atoms. The Labute approximate surface area is 175 Å². The van der Waals surface area contributed by atoms with Crippen LogP contribution in [0.25, 0.3) is 0 Å². The molecule has 0 saturated carbocycles. The maximum absolute atomic E-state index is 13.3. The van der Waals surface area contributed by atoms with Gasteiger partial charge in [0.2, 0.25) is 0 Å². The Morgan fingerprint density at radius 2 is 2.03 bits per heavy atom. The lowest BCUT2D eigenvalue weighted by Crippen LogP contribution is -2.47. The highest BCUT2D eigenvalue weighted by molar-refractivity contribution is 7.10. The Morgan fingerprint density at radius 1 is 1.24 bits per heavy atom. The summed E-state index contributed by atoms with van der Waals surface area (Å²) in [6.45, 7) is 6.63. The van der Waals surface area contributed by atoms with E-state index in [4.69, 9.17) is 9.47 Å². The Kier molecular flexibility index (Phi) is 8.27. The Hall–Kier alpha value is -2.16. The van der Waals surface area contributed by atoms with Crippen molar-refractivity contribution in [3.05, 3.63) is 52.5 Å². The number of guanidine groups is 1. The number of morpholine rings is 1. The first kappa shape index (κ1) is 21.5. The van der Waals surface area contributed by atoms with Gasteiger partial charge >= 0.3 is 0 Å². The largest absolute Gasteiger partial charge is 0.489 e. The smallest absolute Gasteiger partial charge is 0.191 e. The summed E-state index contributed by atoms with van der Waals surface area (Å²) in [6, 6.07) is 10.7. The summed E-state index contributed by atoms with van der Waals surface area (Å²) < 4.78 is 24.6. The zero-order chi connectivity index (χ0) is 20.5. The number of ether oxygens (including phenoxy) is 2. The van der Waals surface area contributed by atoms with E-state index in [2.05, 4.69) is 38.0 Å². The van der Waals surface area contributed by atoms with Crippen molar-refractivity contribution in [1.82, 2.24) is 15.5 Å². The minimum Gasteiger partial charge on any atom is -0.489 e. The Balaban J connectivity index is 1.50. The summed E-state index contributed by atoms with van der Waals surface area (Å²) in [5, 5.41) is 8.83. The lowest BCUT2D eigenvalue weighted by molar-refractivity contribution is 0.0177. The molecule has 0 bridgehead atoms. The van der Waals surface area contributed by atoms with Crippen molar-refractivity contribution in [2.75, 3.05) is 46.4 Å². The standard InChI is InChI=1S/C21H29FN4O2S/c1-16(28-18-6-3-5-17(22)13-18)14-24-21(23-2)25-15-19(20-7-4-12-29-20)26-8-10-27-11-9-26/h3-7,12-13,16,19H,8-11,14-15H2,1-2H3,(H2,23,24,25). The number of benzene rings is 1. The third kappa shape index (κ3) is 6.69. The van der Waals surface area contributed by atoms with Crippen molar-refractivity contribution in [2.45, 2.75) is 19.1 Å². The van der Waals surface area contributed by atoms with Gasteiger partial charge in [-0.15, -0.1) is 11.3 Å². The van der Waals surface area contributed by atoms with Crippen LogP contribution < -0.4 is 15.4 Å². The summed E-state index contributed by atoms with van der Waals surface area (Å²) in [5.41, 5.74) is 0. The van der Waals surface area contributed by atoms with Gasteiger partial charge in [-0.1, -0.05) is 12.1 Å². The van der Waals surface area contributed by atoms with Gasteiger partial charge < -0.3 is 20.1 Å². The molecule has 6 nitrogen and oxygen atoms in total. The molecule has 2 N–H and O–H groups in total. The molecule has 1 aliphatic rings. The van der Waals surface area contributed by atoms with Gasteiger partial charge in [-0.3, -0.25) is 9.89 Å². The predicted molar refractivity (Wildman–Crippen MR) is 115 cm³/mol. The number of hydrogen-bond donors (Lipinski definition) is 2. The van der Waals surface area contributed by atoms with Gasteiger partial charge in [0.15, 0.2) is 5.96 Å².